The number of thiazole rings is 1. The SMILES string of the molecule is Cl.Nc1ncc(CN(C2CC2)C2CCCc3ccccc32)s1. The van der Waals surface area contributed by atoms with Gasteiger partial charge in [0, 0.05) is 29.7 Å². The molecule has 4 rings (SSSR count). The largest absolute Gasteiger partial charge is 0.375 e. The van der Waals surface area contributed by atoms with Crippen LogP contribution in [0.2, 0.25) is 0 Å². The molecule has 3 nitrogen and oxygen atoms in total. The number of aryl methyl sites for hydroxylation is 1. The molecule has 0 saturated heterocycles. The molecule has 1 heterocycles. The molecule has 1 saturated carbocycles. The molecular weight excluding hydrogens is 314 g/mol. The van der Waals surface area contributed by atoms with Gasteiger partial charge in [-0.2, -0.15) is 0 Å². The van der Waals surface area contributed by atoms with Crippen LogP contribution in [0.3, 0.4) is 0 Å². The summed E-state index contributed by atoms with van der Waals surface area (Å²) >= 11 is 1.63. The van der Waals surface area contributed by atoms with Gasteiger partial charge in [0.1, 0.15) is 0 Å². The molecule has 1 atom stereocenters. The summed E-state index contributed by atoms with van der Waals surface area (Å²) in [5.74, 6) is 0. The maximum Gasteiger partial charge on any atom is 0.180 e. The van der Waals surface area contributed by atoms with Crippen molar-refractivity contribution < 1.29 is 0 Å². The highest BCUT2D eigenvalue weighted by atomic mass is 35.5. The van der Waals surface area contributed by atoms with Crippen LogP contribution in [-0.2, 0) is 13.0 Å². The normalized spacial score (nSPS) is 20.5. The molecule has 1 fully saturated rings. The average molecular weight is 336 g/mol. The summed E-state index contributed by atoms with van der Waals surface area (Å²) in [5, 5.41) is 0.685. The van der Waals surface area contributed by atoms with Gasteiger partial charge in [0.15, 0.2) is 5.13 Å². The fourth-order valence-corrected chi connectivity index (χ4v) is 4.24. The Morgan fingerprint density at radius 1 is 1.23 bits per heavy atom. The van der Waals surface area contributed by atoms with E-state index in [9.17, 15) is 0 Å². The Labute approximate surface area is 142 Å². The zero-order valence-electron chi connectivity index (χ0n) is 12.6. The fourth-order valence-electron chi connectivity index (χ4n) is 3.55. The summed E-state index contributed by atoms with van der Waals surface area (Å²) in [4.78, 5) is 8.20. The van der Waals surface area contributed by atoms with Gasteiger partial charge < -0.3 is 5.73 Å². The van der Waals surface area contributed by atoms with E-state index >= 15 is 0 Å². The summed E-state index contributed by atoms with van der Waals surface area (Å²) < 4.78 is 0. The average Bonchev–Trinajstić information content (AvgIpc) is 3.27. The van der Waals surface area contributed by atoms with Gasteiger partial charge in [-0.15, -0.1) is 23.7 Å². The molecule has 2 aliphatic rings. The smallest absolute Gasteiger partial charge is 0.180 e. The third-order valence-corrected chi connectivity index (χ3v) is 5.48. The lowest BCUT2D eigenvalue weighted by Crippen LogP contribution is -2.32. The summed E-state index contributed by atoms with van der Waals surface area (Å²) in [5.41, 5.74) is 8.88. The Kier molecular flexibility index (Phi) is 4.71. The molecule has 2 aliphatic carbocycles. The van der Waals surface area contributed by atoms with Crippen molar-refractivity contribution in [1.29, 1.82) is 0 Å². The monoisotopic (exact) mass is 335 g/mol. The molecule has 0 radical (unpaired) electrons. The van der Waals surface area contributed by atoms with E-state index in [0.717, 1.165) is 12.6 Å². The summed E-state index contributed by atoms with van der Waals surface area (Å²) in [7, 11) is 0. The van der Waals surface area contributed by atoms with Crippen LogP contribution >= 0.6 is 23.7 Å². The van der Waals surface area contributed by atoms with E-state index in [0.29, 0.717) is 11.2 Å². The molecule has 2 N–H and O–H groups in total. The Hall–Kier alpha value is -1.10. The third kappa shape index (κ3) is 3.14. The van der Waals surface area contributed by atoms with Gasteiger partial charge in [-0.05, 0) is 43.2 Å². The van der Waals surface area contributed by atoms with Crippen molar-refractivity contribution in [2.75, 3.05) is 5.73 Å². The molecule has 1 aromatic heterocycles. The minimum absolute atomic E-state index is 0. The van der Waals surface area contributed by atoms with Gasteiger partial charge in [0.2, 0.25) is 0 Å². The molecular formula is C17H22ClN3S. The van der Waals surface area contributed by atoms with Crippen LogP contribution in [0.5, 0.6) is 0 Å². The lowest BCUT2D eigenvalue weighted by atomic mass is 9.86. The highest BCUT2D eigenvalue weighted by Gasteiger charge is 2.36. The van der Waals surface area contributed by atoms with Crippen molar-refractivity contribution in [2.24, 2.45) is 0 Å². The molecule has 0 bridgehead atoms. The second kappa shape index (κ2) is 6.57. The maximum absolute atomic E-state index is 5.79. The zero-order chi connectivity index (χ0) is 14.2. The summed E-state index contributed by atoms with van der Waals surface area (Å²) in [6.45, 7) is 0.999. The highest BCUT2D eigenvalue weighted by molar-refractivity contribution is 7.15. The van der Waals surface area contributed by atoms with Crippen LogP contribution in [-0.4, -0.2) is 15.9 Å². The third-order valence-electron chi connectivity index (χ3n) is 4.66. The van der Waals surface area contributed by atoms with Gasteiger partial charge in [-0.3, -0.25) is 4.90 Å². The van der Waals surface area contributed by atoms with Gasteiger partial charge in [-0.25, -0.2) is 4.98 Å². The second-order valence-electron chi connectivity index (χ2n) is 6.18. The first-order chi connectivity index (χ1) is 10.3. The maximum atomic E-state index is 5.79. The Bertz CT molecular complexity index is 638. The molecule has 22 heavy (non-hydrogen) atoms. The number of anilines is 1. The Morgan fingerprint density at radius 3 is 2.77 bits per heavy atom. The molecule has 5 heteroatoms. The molecule has 0 amide bonds. The minimum atomic E-state index is 0. The lowest BCUT2D eigenvalue weighted by molar-refractivity contribution is 0.161. The van der Waals surface area contributed by atoms with E-state index in [1.165, 1.54) is 37.0 Å². The van der Waals surface area contributed by atoms with Crippen molar-refractivity contribution in [2.45, 2.75) is 50.7 Å². The second-order valence-corrected chi connectivity index (χ2v) is 7.32. The van der Waals surface area contributed by atoms with E-state index in [2.05, 4.69) is 34.1 Å². The molecule has 2 aromatic rings. The van der Waals surface area contributed by atoms with E-state index in [1.807, 2.05) is 6.20 Å². The van der Waals surface area contributed by atoms with Crippen LogP contribution in [0.15, 0.2) is 30.5 Å². The first-order valence-electron chi connectivity index (χ1n) is 7.85. The topological polar surface area (TPSA) is 42.1 Å². The van der Waals surface area contributed by atoms with Gasteiger partial charge in [-0.1, -0.05) is 24.3 Å². The molecule has 1 aromatic carbocycles. The Balaban J connectivity index is 0.00000144. The fraction of sp³-hybridized carbons (Fsp3) is 0.471. The quantitative estimate of drug-likeness (QED) is 0.911. The number of nitrogens with two attached hydrogens (primary N) is 1. The van der Waals surface area contributed by atoms with Crippen LogP contribution in [0.1, 0.15) is 47.7 Å². The number of hydrogen-bond donors (Lipinski definition) is 1. The number of halogens is 1. The number of aromatic nitrogens is 1. The van der Waals surface area contributed by atoms with Crippen molar-refractivity contribution in [1.82, 2.24) is 9.88 Å². The summed E-state index contributed by atoms with van der Waals surface area (Å²) in [6, 6.07) is 10.3. The van der Waals surface area contributed by atoms with Gasteiger partial charge in [0.25, 0.3) is 0 Å². The zero-order valence-corrected chi connectivity index (χ0v) is 14.2. The van der Waals surface area contributed by atoms with Crippen LogP contribution in [0.4, 0.5) is 5.13 Å². The number of rotatable bonds is 4. The van der Waals surface area contributed by atoms with Gasteiger partial charge in [0.05, 0.1) is 0 Å². The molecule has 0 aliphatic heterocycles. The number of nitrogens with zero attached hydrogens (tertiary/aromatic N) is 2. The molecule has 118 valence electrons. The standard InChI is InChI=1S/C17H21N3S.ClH/c18-17-19-10-14(21-17)11-20(13-8-9-13)16-7-3-5-12-4-1-2-6-15(12)16;/h1-2,4,6,10,13,16H,3,5,7-9,11H2,(H2,18,19);1H. The highest BCUT2D eigenvalue weighted by Crippen LogP contribution is 2.42. The van der Waals surface area contributed by atoms with Crippen molar-refractivity contribution >= 4 is 28.9 Å². The van der Waals surface area contributed by atoms with Crippen LogP contribution in [0, 0.1) is 0 Å². The number of fused-ring (bicyclic) bond motifs is 1. The summed E-state index contributed by atoms with van der Waals surface area (Å²) in [6.07, 6.45) is 8.44. The van der Waals surface area contributed by atoms with E-state index in [1.54, 1.807) is 22.5 Å². The van der Waals surface area contributed by atoms with Crippen LogP contribution in [0.25, 0.3) is 0 Å². The lowest BCUT2D eigenvalue weighted by Gasteiger charge is -2.36. The Morgan fingerprint density at radius 2 is 2.05 bits per heavy atom. The van der Waals surface area contributed by atoms with Crippen molar-refractivity contribution in [3.8, 4) is 0 Å². The predicted molar refractivity (Wildman–Crippen MR) is 94.5 cm³/mol. The van der Waals surface area contributed by atoms with Crippen LogP contribution < -0.4 is 5.73 Å². The van der Waals surface area contributed by atoms with E-state index in [-0.39, 0.29) is 12.4 Å². The number of benzene rings is 1. The first kappa shape index (κ1) is 15.8. The number of hydrogen-bond acceptors (Lipinski definition) is 4. The minimum Gasteiger partial charge on any atom is -0.375 e. The molecule has 1 unspecified atom stereocenters. The van der Waals surface area contributed by atoms with Crippen molar-refractivity contribution in [3.63, 3.8) is 0 Å². The molecule has 0 spiro atoms. The van der Waals surface area contributed by atoms with Crippen molar-refractivity contribution in [3.05, 3.63) is 46.5 Å². The van der Waals surface area contributed by atoms with E-state index < -0.39 is 0 Å². The van der Waals surface area contributed by atoms with Gasteiger partial charge >= 0.3 is 0 Å². The predicted octanol–water partition coefficient (Wildman–Crippen LogP) is 4.19. The number of nitrogen functional groups attached to an aromatic ring is 1. The van der Waals surface area contributed by atoms with E-state index in [4.69, 9.17) is 5.73 Å². The first-order valence-corrected chi connectivity index (χ1v) is 8.66.